The van der Waals surface area contributed by atoms with Crippen molar-refractivity contribution in [2.24, 2.45) is 11.8 Å². The summed E-state index contributed by atoms with van der Waals surface area (Å²) in [5.41, 5.74) is 1.93. The molecule has 0 amide bonds. The molecule has 5 rings (SSSR count). The summed E-state index contributed by atoms with van der Waals surface area (Å²) in [7, 11) is 2.12. The molecule has 0 saturated heterocycles. The van der Waals surface area contributed by atoms with Gasteiger partial charge in [-0.05, 0) is 61.4 Å². The highest BCUT2D eigenvalue weighted by atomic mass is 16.4. The molecule has 0 unspecified atom stereocenters. The first-order valence-electron chi connectivity index (χ1n) is 10.3. The SMILES string of the molecule is Cc1nnc(-c2ccc(-c3ccc(N(C)[C@H]4C[C@@H]5CC[C@@H](C5)C4)nn3)c(O)c2)o1. The van der Waals surface area contributed by atoms with E-state index in [1.807, 2.05) is 18.2 Å². The molecule has 2 bridgehead atoms. The van der Waals surface area contributed by atoms with Crippen molar-refractivity contribution in [2.75, 3.05) is 11.9 Å². The van der Waals surface area contributed by atoms with E-state index >= 15 is 0 Å². The van der Waals surface area contributed by atoms with Gasteiger partial charge in [0.15, 0.2) is 5.82 Å². The minimum atomic E-state index is 0.109. The minimum absolute atomic E-state index is 0.109. The van der Waals surface area contributed by atoms with Crippen LogP contribution in [0.2, 0.25) is 0 Å². The second-order valence-electron chi connectivity index (χ2n) is 8.42. The Balaban J connectivity index is 1.34. The molecule has 2 aliphatic carbocycles. The van der Waals surface area contributed by atoms with Crippen LogP contribution in [0.4, 0.5) is 5.82 Å². The fourth-order valence-corrected chi connectivity index (χ4v) is 4.93. The second-order valence-corrected chi connectivity index (χ2v) is 8.42. The van der Waals surface area contributed by atoms with Crippen molar-refractivity contribution < 1.29 is 9.52 Å². The van der Waals surface area contributed by atoms with Crippen LogP contribution >= 0.6 is 0 Å². The standard InChI is InChI=1S/C22H25N5O2/c1-13-23-26-22(29-13)16-5-6-18(20(28)12-16)19-7-8-21(25-24-19)27(2)17-10-14-3-4-15(9-14)11-17/h5-8,12,14-15,17,28H,3-4,9-11H2,1-2H3/t14-,15+,17+. The van der Waals surface area contributed by atoms with E-state index in [0.29, 0.717) is 34.6 Å². The predicted octanol–water partition coefficient (Wildman–Crippen LogP) is 4.22. The van der Waals surface area contributed by atoms with E-state index in [9.17, 15) is 5.11 Å². The molecule has 2 aromatic heterocycles. The molecule has 3 aromatic rings. The van der Waals surface area contributed by atoms with Crippen molar-refractivity contribution in [3.8, 4) is 28.5 Å². The molecule has 150 valence electrons. The Morgan fingerprint density at radius 2 is 1.76 bits per heavy atom. The average molecular weight is 391 g/mol. The molecule has 0 radical (unpaired) electrons. The van der Waals surface area contributed by atoms with E-state index in [1.54, 1.807) is 19.1 Å². The third-order valence-electron chi connectivity index (χ3n) is 6.47. The maximum atomic E-state index is 10.5. The highest BCUT2D eigenvalue weighted by Gasteiger charge is 2.36. The number of fused-ring (bicyclic) bond motifs is 2. The van der Waals surface area contributed by atoms with Crippen LogP contribution in [-0.2, 0) is 0 Å². The molecule has 0 aliphatic heterocycles. The van der Waals surface area contributed by atoms with Crippen LogP contribution in [0.1, 0.15) is 38.0 Å². The predicted molar refractivity (Wildman–Crippen MR) is 109 cm³/mol. The minimum Gasteiger partial charge on any atom is -0.507 e. The number of benzene rings is 1. The molecular formula is C22H25N5O2. The molecule has 2 fully saturated rings. The zero-order chi connectivity index (χ0) is 20.0. The largest absolute Gasteiger partial charge is 0.507 e. The normalized spacial score (nSPS) is 23.3. The Morgan fingerprint density at radius 3 is 2.38 bits per heavy atom. The maximum absolute atomic E-state index is 10.5. The number of hydrogen-bond donors (Lipinski definition) is 1. The van der Waals surface area contributed by atoms with Crippen molar-refractivity contribution >= 4 is 5.82 Å². The summed E-state index contributed by atoms with van der Waals surface area (Å²) in [5, 5.41) is 27.1. The van der Waals surface area contributed by atoms with Gasteiger partial charge in [0.1, 0.15) is 5.75 Å². The molecular weight excluding hydrogens is 366 g/mol. The van der Waals surface area contributed by atoms with Crippen molar-refractivity contribution in [3.05, 3.63) is 36.2 Å². The van der Waals surface area contributed by atoms with E-state index in [4.69, 9.17) is 4.42 Å². The Labute approximate surface area is 169 Å². The fraction of sp³-hybridized carbons (Fsp3) is 0.455. The van der Waals surface area contributed by atoms with Gasteiger partial charge in [0.05, 0.1) is 5.69 Å². The zero-order valence-corrected chi connectivity index (χ0v) is 16.7. The lowest BCUT2D eigenvalue weighted by molar-refractivity contribution is 0.312. The molecule has 1 aromatic carbocycles. The van der Waals surface area contributed by atoms with E-state index < -0.39 is 0 Å². The number of phenolic OH excluding ortho intramolecular Hbond substituents is 1. The van der Waals surface area contributed by atoms with E-state index in [2.05, 4.69) is 32.3 Å². The van der Waals surface area contributed by atoms with Gasteiger partial charge in [0, 0.05) is 31.1 Å². The van der Waals surface area contributed by atoms with Gasteiger partial charge in [-0.25, -0.2) is 0 Å². The monoisotopic (exact) mass is 391 g/mol. The number of aryl methyl sites for hydroxylation is 1. The number of phenols is 1. The lowest BCUT2D eigenvalue weighted by Crippen LogP contribution is -2.37. The van der Waals surface area contributed by atoms with Crippen molar-refractivity contribution in [3.63, 3.8) is 0 Å². The van der Waals surface area contributed by atoms with E-state index in [0.717, 1.165) is 17.7 Å². The zero-order valence-electron chi connectivity index (χ0n) is 16.7. The Bertz CT molecular complexity index is 1000. The van der Waals surface area contributed by atoms with Crippen LogP contribution in [0.15, 0.2) is 34.7 Å². The van der Waals surface area contributed by atoms with Gasteiger partial charge in [0.2, 0.25) is 11.8 Å². The number of hydrogen-bond acceptors (Lipinski definition) is 7. The van der Waals surface area contributed by atoms with Crippen molar-refractivity contribution in [2.45, 2.75) is 45.1 Å². The van der Waals surface area contributed by atoms with Gasteiger partial charge in [-0.15, -0.1) is 20.4 Å². The summed E-state index contributed by atoms with van der Waals surface area (Å²) in [4.78, 5) is 2.28. The highest BCUT2D eigenvalue weighted by molar-refractivity contribution is 5.71. The van der Waals surface area contributed by atoms with Gasteiger partial charge >= 0.3 is 0 Å². The molecule has 1 N–H and O–H groups in total. The molecule has 7 heteroatoms. The summed E-state index contributed by atoms with van der Waals surface area (Å²) in [6, 6.07) is 9.71. The van der Waals surface area contributed by atoms with Gasteiger partial charge in [0.25, 0.3) is 0 Å². The molecule has 2 saturated carbocycles. The number of rotatable bonds is 4. The molecule has 3 atom stereocenters. The van der Waals surface area contributed by atoms with Crippen LogP contribution in [0.25, 0.3) is 22.7 Å². The van der Waals surface area contributed by atoms with E-state index in [-0.39, 0.29) is 5.75 Å². The topological polar surface area (TPSA) is 88.2 Å². The summed E-state index contributed by atoms with van der Waals surface area (Å²) < 4.78 is 5.42. The average Bonchev–Trinajstić information content (AvgIpc) is 3.32. The quantitative estimate of drug-likeness (QED) is 0.712. The van der Waals surface area contributed by atoms with E-state index in [1.165, 1.54) is 32.1 Å². The Kier molecular flexibility index (Phi) is 4.45. The molecule has 2 heterocycles. The first-order chi connectivity index (χ1) is 14.1. The molecule has 0 spiro atoms. The fourth-order valence-electron chi connectivity index (χ4n) is 4.93. The number of anilines is 1. The van der Waals surface area contributed by atoms with Crippen LogP contribution < -0.4 is 4.90 Å². The number of nitrogens with zero attached hydrogens (tertiary/aromatic N) is 5. The van der Waals surface area contributed by atoms with Crippen molar-refractivity contribution in [1.29, 1.82) is 0 Å². The highest BCUT2D eigenvalue weighted by Crippen LogP contribution is 2.43. The van der Waals surface area contributed by atoms with Gasteiger partial charge in [-0.2, -0.15) is 0 Å². The molecule has 7 nitrogen and oxygen atoms in total. The number of aromatic nitrogens is 4. The lowest BCUT2D eigenvalue weighted by Gasteiger charge is -2.35. The van der Waals surface area contributed by atoms with Crippen LogP contribution in [-0.4, -0.2) is 38.6 Å². The lowest BCUT2D eigenvalue weighted by atomic mass is 9.85. The first kappa shape index (κ1) is 18.1. The molecule has 29 heavy (non-hydrogen) atoms. The molecule has 2 aliphatic rings. The van der Waals surface area contributed by atoms with Crippen LogP contribution in [0.5, 0.6) is 5.75 Å². The van der Waals surface area contributed by atoms with Gasteiger partial charge < -0.3 is 14.4 Å². The Hall–Kier alpha value is -2.96. The maximum Gasteiger partial charge on any atom is 0.247 e. The van der Waals surface area contributed by atoms with Gasteiger partial charge in [-0.3, -0.25) is 0 Å². The van der Waals surface area contributed by atoms with Crippen LogP contribution in [0.3, 0.4) is 0 Å². The first-order valence-corrected chi connectivity index (χ1v) is 10.3. The second kappa shape index (κ2) is 7.13. The van der Waals surface area contributed by atoms with Gasteiger partial charge in [-0.1, -0.05) is 12.8 Å². The smallest absolute Gasteiger partial charge is 0.247 e. The number of aromatic hydroxyl groups is 1. The summed E-state index contributed by atoms with van der Waals surface area (Å²) in [5.74, 6) is 3.63. The third kappa shape index (κ3) is 3.45. The summed E-state index contributed by atoms with van der Waals surface area (Å²) in [6.07, 6.45) is 6.70. The van der Waals surface area contributed by atoms with Crippen LogP contribution in [0, 0.1) is 18.8 Å². The third-order valence-corrected chi connectivity index (χ3v) is 6.47. The summed E-state index contributed by atoms with van der Waals surface area (Å²) >= 11 is 0. The summed E-state index contributed by atoms with van der Waals surface area (Å²) in [6.45, 7) is 1.73. The Morgan fingerprint density at radius 1 is 0.966 bits per heavy atom. The van der Waals surface area contributed by atoms with Crippen molar-refractivity contribution in [1.82, 2.24) is 20.4 Å².